The molecule has 1 fully saturated rings. The van der Waals surface area contributed by atoms with Crippen LogP contribution in [0.4, 0.5) is 0 Å². The molecular formula is C11H18N2O11. The third kappa shape index (κ3) is 3.61. The second-order valence-electron chi connectivity index (χ2n) is 5.40. The summed E-state index contributed by atoms with van der Waals surface area (Å²) in [6.45, 7) is -0.125. The molecule has 1 heterocycles. The first-order valence-electron chi connectivity index (χ1n) is 6.63. The molecular weight excluding hydrogens is 336 g/mol. The molecule has 13 heteroatoms. The topological polar surface area (TPSA) is 220 Å². The lowest BCUT2D eigenvalue weighted by Gasteiger charge is -2.45. The monoisotopic (exact) mass is 354 g/mol. The number of hydrogen-bond donors (Lipinski definition) is 7. The maximum atomic E-state index is 11.3. The lowest BCUT2D eigenvalue weighted by atomic mass is 9.84. The Balaban J connectivity index is 3.43. The van der Waals surface area contributed by atoms with Gasteiger partial charge in [0.2, 0.25) is 5.91 Å². The first-order valence-corrected chi connectivity index (χ1v) is 6.63. The van der Waals surface area contributed by atoms with E-state index in [9.17, 15) is 40.1 Å². The third-order valence-electron chi connectivity index (χ3n) is 3.58. The Kier molecular flexibility index (Phi) is 5.81. The highest BCUT2D eigenvalue weighted by atomic mass is 16.7. The molecule has 0 radical (unpaired) electrons. The van der Waals surface area contributed by atoms with Gasteiger partial charge in [-0.1, -0.05) is 0 Å². The molecule has 0 aromatic carbocycles. The Morgan fingerprint density at radius 1 is 1.42 bits per heavy atom. The van der Waals surface area contributed by atoms with Crippen LogP contribution in [0.15, 0.2) is 0 Å². The fourth-order valence-corrected chi connectivity index (χ4v) is 2.38. The zero-order chi connectivity index (χ0) is 18.9. The number of rotatable bonds is 6. The van der Waals surface area contributed by atoms with Gasteiger partial charge in [0.15, 0.2) is 6.04 Å². The van der Waals surface area contributed by atoms with Gasteiger partial charge < -0.3 is 40.7 Å². The molecule has 24 heavy (non-hydrogen) atoms. The molecule has 13 nitrogen and oxygen atoms in total. The van der Waals surface area contributed by atoms with Crippen LogP contribution >= 0.6 is 0 Å². The van der Waals surface area contributed by atoms with Gasteiger partial charge in [0.05, 0.1) is 11.5 Å². The number of carbonyl (C=O) groups is 2. The standard InChI is InChI=1S/C11H18N2O11/c1-4(15)12-8-7(6(17)5(16)2-14)24-11(21,9(18)19)3-10(8,20)13(22)23/h5-8,14,16-17,20-21H,2-3H2,1H3,(H,12,15)(H,18,19)/t5-,6-,7+,8+,10+,11+/m1/s1. The molecule has 0 spiro atoms. The number of ether oxygens (including phenoxy) is 1. The number of aliphatic hydroxyl groups excluding tert-OH is 3. The molecule has 1 amide bonds. The number of aliphatic carboxylic acids is 1. The number of carbonyl (C=O) groups excluding carboxylic acids is 1. The maximum absolute atomic E-state index is 11.3. The Hall–Kier alpha value is -1.90. The van der Waals surface area contributed by atoms with Gasteiger partial charge in [-0.25, -0.2) is 4.79 Å². The van der Waals surface area contributed by atoms with E-state index in [1.165, 1.54) is 0 Å². The van der Waals surface area contributed by atoms with Gasteiger partial charge in [-0.15, -0.1) is 0 Å². The number of nitrogens with zero attached hydrogens (tertiary/aromatic N) is 1. The van der Waals surface area contributed by atoms with Crippen LogP contribution in [0.1, 0.15) is 13.3 Å². The van der Waals surface area contributed by atoms with Crippen molar-refractivity contribution in [2.24, 2.45) is 0 Å². The largest absolute Gasteiger partial charge is 0.477 e. The van der Waals surface area contributed by atoms with E-state index in [1.54, 1.807) is 0 Å². The molecule has 6 atom stereocenters. The van der Waals surface area contributed by atoms with Crippen molar-refractivity contribution in [2.75, 3.05) is 6.61 Å². The lowest BCUT2D eigenvalue weighted by Crippen LogP contribution is -2.74. The SMILES string of the molecule is CC(=O)N[C@H]1[C@H]([C@H](O)[C@H](O)CO)O[C@](O)(C(=O)O)C[C@@]1(O)[N+](=O)[O-]. The first kappa shape index (κ1) is 20.1. The molecule has 1 aliphatic rings. The minimum absolute atomic E-state index is 0.902. The number of hydrogen-bond acceptors (Lipinski definition) is 10. The molecule has 1 aliphatic heterocycles. The normalized spacial score (nSPS) is 35.8. The fraction of sp³-hybridized carbons (Fsp3) is 0.818. The van der Waals surface area contributed by atoms with E-state index in [1.807, 2.05) is 5.32 Å². The zero-order valence-electron chi connectivity index (χ0n) is 12.4. The van der Waals surface area contributed by atoms with Crippen LogP contribution in [-0.4, -0.2) is 89.9 Å². The van der Waals surface area contributed by atoms with Crippen LogP contribution in [0.2, 0.25) is 0 Å². The van der Waals surface area contributed by atoms with Crippen molar-refractivity contribution in [1.82, 2.24) is 5.32 Å². The van der Waals surface area contributed by atoms with E-state index in [-0.39, 0.29) is 0 Å². The van der Waals surface area contributed by atoms with Crippen molar-refractivity contribution < 1.29 is 49.9 Å². The van der Waals surface area contributed by atoms with Crippen molar-refractivity contribution in [3.05, 3.63) is 10.1 Å². The van der Waals surface area contributed by atoms with Gasteiger partial charge in [-0.2, -0.15) is 0 Å². The van der Waals surface area contributed by atoms with Crippen LogP contribution in [0, 0.1) is 10.1 Å². The highest BCUT2D eigenvalue weighted by Gasteiger charge is 2.67. The van der Waals surface area contributed by atoms with Crippen molar-refractivity contribution in [3.8, 4) is 0 Å². The minimum atomic E-state index is -3.28. The van der Waals surface area contributed by atoms with Crippen LogP contribution < -0.4 is 5.32 Å². The van der Waals surface area contributed by atoms with E-state index in [2.05, 4.69) is 0 Å². The van der Waals surface area contributed by atoms with Crippen molar-refractivity contribution in [3.63, 3.8) is 0 Å². The summed E-state index contributed by atoms with van der Waals surface area (Å²) < 4.78 is 4.73. The van der Waals surface area contributed by atoms with E-state index in [0.717, 1.165) is 6.92 Å². The number of nitro groups is 1. The number of aliphatic hydroxyl groups is 5. The summed E-state index contributed by atoms with van der Waals surface area (Å²) in [6, 6.07) is -2.03. The Morgan fingerprint density at radius 2 is 1.96 bits per heavy atom. The van der Waals surface area contributed by atoms with Crippen molar-refractivity contribution in [2.45, 2.75) is 49.2 Å². The minimum Gasteiger partial charge on any atom is -0.477 e. The summed E-state index contributed by atoms with van der Waals surface area (Å²) >= 11 is 0. The quantitative estimate of drug-likeness (QED) is 0.137. The van der Waals surface area contributed by atoms with Crippen LogP contribution in [0.25, 0.3) is 0 Å². The number of carboxylic acid groups (broad SMARTS) is 1. The third-order valence-corrected chi connectivity index (χ3v) is 3.58. The predicted molar refractivity (Wildman–Crippen MR) is 70.7 cm³/mol. The molecule has 1 rings (SSSR count). The summed E-state index contributed by atoms with van der Waals surface area (Å²) in [5, 5.41) is 70.6. The summed E-state index contributed by atoms with van der Waals surface area (Å²) in [6.07, 6.45) is -7.73. The van der Waals surface area contributed by atoms with Gasteiger partial charge in [-0.05, 0) is 0 Å². The zero-order valence-corrected chi connectivity index (χ0v) is 12.4. The number of amides is 1. The van der Waals surface area contributed by atoms with Gasteiger partial charge in [0, 0.05) is 6.92 Å². The van der Waals surface area contributed by atoms with Gasteiger partial charge >= 0.3 is 11.7 Å². The van der Waals surface area contributed by atoms with Crippen LogP contribution in [0.5, 0.6) is 0 Å². The molecule has 0 unspecified atom stereocenters. The highest BCUT2D eigenvalue weighted by Crippen LogP contribution is 2.37. The predicted octanol–water partition coefficient (Wildman–Crippen LogP) is -4.27. The van der Waals surface area contributed by atoms with E-state index < -0.39 is 65.7 Å². The van der Waals surface area contributed by atoms with E-state index >= 15 is 0 Å². The molecule has 0 aromatic rings. The lowest BCUT2D eigenvalue weighted by molar-refractivity contribution is -0.646. The van der Waals surface area contributed by atoms with Gasteiger partial charge in [-0.3, -0.25) is 14.9 Å². The molecule has 0 aromatic heterocycles. The van der Waals surface area contributed by atoms with E-state index in [4.69, 9.17) is 14.9 Å². The van der Waals surface area contributed by atoms with E-state index in [0.29, 0.717) is 0 Å². The molecule has 1 saturated heterocycles. The molecule has 0 bridgehead atoms. The molecule has 0 saturated carbocycles. The van der Waals surface area contributed by atoms with Crippen LogP contribution in [0.3, 0.4) is 0 Å². The second-order valence-corrected chi connectivity index (χ2v) is 5.40. The van der Waals surface area contributed by atoms with Crippen LogP contribution in [-0.2, 0) is 14.3 Å². The highest BCUT2D eigenvalue weighted by molar-refractivity contribution is 5.76. The van der Waals surface area contributed by atoms with Gasteiger partial charge in [0.25, 0.3) is 5.79 Å². The Morgan fingerprint density at radius 3 is 2.33 bits per heavy atom. The summed E-state index contributed by atoms with van der Waals surface area (Å²) in [4.78, 5) is 32.3. The average molecular weight is 354 g/mol. The van der Waals surface area contributed by atoms with Crippen molar-refractivity contribution in [1.29, 1.82) is 0 Å². The number of nitrogens with one attached hydrogen (secondary N) is 1. The number of carboxylic acids is 1. The Bertz CT molecular complexity index is 528. The molecule has 0 aliphatic carbocycles. The average Bonchev–Trinajstić information content (AvgIpc) is 2.47. The first-order chi connectivity index (χ1) is 10.9. The molecule has 7 N–H and O–H groups in total. The van der Waals surface area contributed by atoms with Crippen molar-refractivity contribution >= 4 is 11.9 Å². The smallest absolute Gasteiger partial charge is 0.364 e. The second kappa shape index (κ2) is 6.92. The maximum Gasteiger partial charge on any atom is 0.364 e. The summed E-state index contributed by atoms with van der Waals surface area (Å²) in [5.41, 5.74) is -3.24. The molecule has 138 valence electrons. The Labute approximate surface area is 134 Å². The van der Waals surface area contributed by atoms with Gasteiger partial charge in [0.1, 0.15) is 24.7 Å². The fourth-order valence-electron chi connectivity index (χ4n) is 2.38. The summed E-state index contributed by atoms with van der Waals surface area (Å²) in [5.74, 6) is -6.28. The summed E-state index contributed by atoms with van der Waals surface area (Å²) in [7, 11) is 0.